The van der Waals surface area contributed by atoms with E-state index in [9.17, 15) is 5.11 Å². The molecule has 2 nitrogen and oxygen atoms in total. The molecule has 0 amide bonds. The Balaban J connectivity index is 2.50. The number of nitrogens with one attached hydrogen (secondary N) is 1. The SMILES string of the molecule is CCC(C)NCC(O)c1ccc(CC(C)C)cc1. The summed E-state index contributed by atoms with van der Waals surface area (Å²) in [5.41, 5.74) is 2.34. The molecule has 0 spiro atoms. The second-order valence-electron chi connectivity index (χ2n) is 5.57. The largest absolute Gasteiger partial charge is 0.387 e. The van der Waals surface area contributed by atoms with Gasteiger partial charge in [-0.15, -0.1) is 0 Å². The third-order valence-corrected chi connectivity index (χ3v) is 3.28. The van der Waals surface area contributed by atoms with Gasteiger partial charge in [0.25, 0.3) is 0 Å². The molecule has 0 saturated carbocycles. The van der Waals surface area contributed by atoms with Crippen LogP contribution in [0, 0.1) is 5.92 Å². The molecule has 0 aliphatic rings. The molecule has 1 aromatic rings. The molecule has 0 fully saturated rings. The summed E-state index contributed by atoms with van der Waals surface area (Å²) >= 11 is 0. The predicted octanol–water partition coefficient (Wildman–Crippen LogP) is 3.31. The smallest absolute Gasteiger partial charge is 0.0914 e. The Morgan fingerprint density at radius 1 is 1.11 bits per heavy atom. The van der Waals surface area contributed by atoms with E-state index in [0.717, 1.165) is 18.4 Å². The molecule has 2 heteroatoms. The zero-order valence-corrected chi connectivity index (χ0v) is 12.1. The maximum Gasteiger partial charge on any atom is 0.0914 e. The monoisotopic (exact) mass is 249 g/mol. The second kappa shape index (κ2) is 7.55. The van der Waals surface area contributed by atoms with E-state index in [1.165, 1.54) is 5.56 Å². The molecule has 0 saturated heterocycles. The minimum Gasteiger partial charge on any atom is -0.387 e. The highest BCUT2D eigenvalue weighted by Crippen LogP contribution is 2.15. The molecular weight excluding hydrogens is 222 g/mol. The zero-order chi connectivity index (χ0) is 13.5. The number of aliphatic hydroxyl groups excluding tert-OH is 1. The summed E-state index contributed by atoms with van der Waals surface area (Å²) in [6.07, 6.45) is 1.77. The summed E-state index contributed by atoms with van der Waals surface area (Å²) in [4.78, 5) is 0. The van der Waals surface area contributed by atoms with Crippen molar-refractivity contribution >= 4 is 0 Å². The fourth-order valence-corrected chi connectivity index (χ4v) is 1.92. The molecule has 0 radical (unpaired) electrons. The lowest BCUT2D eigenvalue weighted by Crippen LogP contribution is -2.29. The van der Waals surface area contributed by atoms with Crippen LogP contribution >= 0.6 is 0 Å². The Bertz CT molecular complexity index is 331. The molecule has 0 bridgehead atoms. The van der Waals surface area contributed by atoms with E-state index in [2.05, 4.69) is 45.1 Å². The summed E-state index contributed by atoms with van der Waals surface area (Å²) in [5.74, 6) is 0.674. The van der Waals surface area contributed by atoms with E-state index in [4.69, 9.17) is 0 Å². The molecule has 1 aromatic carbocycles. The van der Waals surface area contributed by atoms with Gasteiger partial charge in [0.2, 0.25) is 0 Å². The van der Waals surface area contributed by atoms with Gasteiger partial charge >= 0.3 is 0 Å². The Hall–Kier alpha value is -0.860. The number of rotatable bonds is 7. The topological polar surface area (TPSA) is 32.3 Å². The number of hydrogen-bond acceptors (Lipinski definition) is 2. The van der Waals surface area contributed by atoms with Crippen molar-refractivity contribution in [2.24, 2.45) is 5.92 Å². The maximum atomic E-state index is 10.1. The third kappa shape index (κ3) is 5.19. The lowest BCUT2D eigenvalue weighted by Gasteiger charge is -2.16. The first-order valence-electron chi connectivity index (χ1n) is 7.03. The van der Waals surface area contributed by atoms with Crippen LogP contribution in [0.3, 0.4) is 0 Å². The highest BCUT2D eigenvalue weighted by Gasteiger charge is 2.08. The standard InChI is InChI=1S/C16H27NO/c1-5-13(4)17-11-16(18)15-8-6-14(7-9-15)10-12(2)3/h6-9,12-13,16-18H,5,10-11H2,1-4H3. The molecule has 0 aliphatic carbocycles. The molecule has 0 heterocycles. The van der Waals surface area contributed by atoms with Crippen LogP contribution < -0.4 is 5.32 Å². The quantitative estimate of drug-likeness (QED) is 0.777. The molecule has 1 rings (SSSR count). The van der Waals surface area contributed by atoms with Gasteiger partial charge in [-0.05, 0) is 36.8 Å². The minimum atomic E-state index is -0.410. The molecule has 0 aliphatic heterocycles. The number of benzene rings is 1. The molecular formula is C16H27NO. The fourth-order valence-electron chi connectivity index (χ4n) is 1.92. The molecule has 2 unspecified atom stereocenters. The molecule has 2 atom stereocenters. The Morgan fingerprint density at radius 3 is 2.22 bits per heavy atom. The summed E-state index contributed by atoms with van der Waals surface area (Å²) < 4.78 is 0. The van der Waals surface area contributed by atoms with Crippen molar-refractivity contribution in [3.05, 3.63) is 35.4 Å². The van der Waals surface area contributed by atoms with Crippen molar-refractivity contribution in [1.29, 1.82) is 0 Å². The lowest BCUT2D eigenvalue weighted by molar-refractivity contribution is 0.170. The van der Waals surface area contributed by atoms with Crippen molar-refractivity contribution in [2.45, 2.75) is 52.7 Å². The first kappa shape index (κ1) is 15.2. The molecule has 18 heavy (non-hydrogen) atoms. The number of hydrogen-bond donors (Lipinski definition) is 2. The second-order valence-corrected chi connectivity index (χ2v) is 5.57. The zero-order valence-electron chi connectivity index (χ0n) is 12.1. The van der Waals surface area contributed by atoms with E-state index in [1.807, 2.05) is 12.1 Å². The minimum absolute atomic E-state index is 0.410. The van der Waals surface area contributed by atoms with Gasteiger partial charge < -0.3 is 10.4 Å². The van der Waals surface area contributed by atoms with Crippen LogP contribution in [-0.2, 0) is 6.42 Å². The first-order chi connectivity index (χ1) is 8.52. The van der Waals surface area contributed by atoms with Crippen molar-refractivity contribution in [3.63, 3.8) is 0 Å². The summed E-state index contributed by atoms with van der Waals surface area (Å²) in [6.45, 7) is 9.35. The van der Waals surface area contributed by atoms with Crippen LogP contribution in [0.25, 0.3) is 0 Å². The van der Waals surface area contributed by atoms with Gasteiger partial charge in [0, 0.05) is 12.6 Å². The van der Waals surface area contributed by atoms with Gasteiger partial charge in [0.15, 0.2) is 0 Å². The summed E-state index contributed by atoms with van der Waals surface area (Å²) in [5, 5.41) is 13.4. The van der Waals surface area contributed by atoms with Gasteiger partial charge in [-0.2, -0.15) is 0 Å². The average Bonchev–Trinajstić information content (AvgIpc) is 2.35. The van der Waals surface area contributed by atoms with Gasteiger partial charge in [-0.3, -0.25) is 0 Å². The molecule has 102 valence electrons. The van der Waals surface area contributed by atoms with E-state index in [-0.39, 0.29) is 0 Å². The molecule has 0 aromatic heterocycles. The van der Waals surface area contributed by atoms with E-state index < -0.39 is 6.10 Å². The van der Waals surface area contributed by atoms with Crippen LogP contribution in [0.5, 0.6) is 0 Å². The normalized spacial score (nSPS) is 14.8. The fraction of sp³-hybridized carbons (Fsp3) is 0.625. The summed E-state index contributed by atoms with van der Waals surface area (Å²) in [7, 11) is 0. The molecule has 2 N–H and O–H groups in total. The van der Waals surface area contributed by atoms with Crippen LogP contribution in [-0.4, -0.2) is 17.7 Å². The van der Waals surface area contributed by atoms with Crippen LogP contribution in [0.15, 0.2) is 24.3 Å². The Labute approximate surface area is 111 Å². The predicted molar refractivity (Wildman–Crippen MR) is 77.7 cm³/mol. The lowest BCUT2D eigenvalue weighted by atomic mass is 10.00. The maximum absolute atomic E-state index is 10.1. The van der Waals surface area contributed by atoms with Gasteiger partial charge in [0.05, 0.1) is 6.10 Å². The van der Waals surface area contributed by atoms with Crippen molar-refractivity contribution < 1.29 is 5.11 Å². The van der Waals surface area contributed by atoms with Crippen molar-refractivity contribution in [2.75, 3.05) is 6.54 Å². The van der Waals surface area contributed by atoms with E-state index in [1.54, 1.807) is 0 Å². The van der Waals surface area contributed by atoms with Crippen molar-refractivity contribution in [3.8, 4) is 0 Å². The Morgan fingerprint density at radius 2 is 1.72 bits per heavy atom. The van der Waals surface area contributed by atoms with Crippen LogP contribution in [0.2, 0.25) is 0 Å². The summed E-state index contributed by atoms with van der Waals surface area (Å²) in [6, 6.07) is 8.80. The average molecular weight is 249 g/mol. The first-order valence-corrected chi connectivity index (χ1v) is 7.03. The van der Waals surface area contributed by atoms with Crippen molar-refractivity contribution in [1.82, 2.24) is 5.32 Å². The van der Waals surface area contributed by atoms with Gasteiger partial charge in [0.1, 0.15) is 0 Å². The highest BCUT2D eigenvalue weighted by molar-refractivity contribution is 5.24. The van der Waals surface area contributed by atoms with Gasteiger partial charge in [-0.25, -0.2) is 0 Å². The van der Waals surface area contributed by atoms with E-state index in [0.29, 0.717) is 18.5 Å². The van der Waals surface area contributed by atoms with Crippen LogP contribution in [0.4, 0.5) is 0 Å². The Kier molecular flexibility index (Phi) is 6.37. The van der Waals surface area contributed by atoms with Crippen LogP contribution in [0.1, 0.15) is 51.3 Å². The van der Waals surface area contributed by atoms with Gasteiger partial charge in [-0.1, -0.05) is 45.0 Å². The highest BCUT2D eigenvalue weighted by atomic mass is 16.3. The third-order valence-electron chi connectivity index (χ3n) is 3.28. The number of aliphatic hydroxyl groups is 1. The van der Waals surface area contributed by atoms with E-state index >= 15 is 0 Å².